The number of nitrogens with zero attached hydrogens (tertiary/aromatic N) is 2. The lowest BCUT2D eigenvalue weighted by Crippen LogP contribution is -2.55. The molecule has 1 aliphatic carbocycles. The summed E-state index contributed by atoms with van der Waals surface area (Å²) in [7, 11) is 0. The van der Waals surface area contributed by atoms with E-state index in [0.29, 0.717) is 0 Å². The summed E-state index contributed by atoms with van der Waals surface area (Å²) in [5.74, 6) is 1.95. The zero-order chi connectivity index (χ0) is 14.1. The predicted molar refractivity (Wildman–Crippen MR) is 75.3 cm³/mol. The van der Waals surface area contributed by atoms with Crippen LogP contribution in [0.2, 0.25) is 0 Å². The molecule has 0 saturated heterocycles. The van der Waals surface area contributed by atoms with Crippen molar-refractivity contribution in [2.45, 2.75) is 50.9 Å². The minimum atomic E-state index is -0.331. The summed E-state index contributed by atoms with van der Waals surface area (Å²) < 4.78 is 7.60. The Labute approximate surface area is 118 Å². The first-order chi connectivity index (χ1) is 9.69. The molecule has 1 aliphatic rings. The number of nitrogens with one attached hydrogen (secondary N) is 1. The molecule has 0 bridgehead atoms. The number of aryl methyl sites for hydroxylation is 1. The molecule has 0 aliphatic heterocycles. The maximum absolute atomic E-state index is 9.95. The molecular formula is C15H21N3O2. The van der Waals surface area contributed by atoms with Crippen molar-refractivity contribution >= 4 is 0 Å². The van der Waals surface area contributed by atoms with E-state index >= 15 is 0 Å². The average Bonchev–Trinajstić information content (AvgIpc) is 3.08. The lowest BCUT2D eigenvalue weighted by molar-refractivity contribution is -0.0119. The highest BCUT2D eigenvalue weighted by atomic mass is 16.3. The molecule has 2 aromatic heterocycles. The van der Waals surface area contributed by atoms with Gasteiger partial charge in [-0.1, -0.05) is 6.92 Å². The third-order valence-corrected chi connectivity index (χ3v) is 4.05. The van der Waals surface area contributed by atoms with Gasteiger partial charge >= 0.3 is 0 Å². The Morgan fingerprint density at radius 1 is 1.55 bits per heavy atom. The van der Waals surface area contributed by atoms with Gasteiger partial charge in [0.1, 0.15) is 11.5 Å². The summed E-state index contributed by atoms with van der Waals surface area (Å²) in [5, 5.41) is 17.7. The second kappa shape index (κ2) is 5.42. The maximum atomic E-state index is 9.95. The van der Waals surface area contributed by atoms with Gasteiger partial charge in [0.15, 0.2) is 0 Å². The van der Waals surface area contributed by atoms with Crippen molar-refractivity contribution in [2.75, 3.05) is 0 Å². The lowest BCUT2D eigenvalue weighted by Gasteiger charge is -2.43. The van der Waals surface area contributed by atoms with Gasteiger partial charge in [-0.25, -0.2) is 0 Å². The molecule has 0 radical (unpaired) electrons. The number of rotatable bonds is 5. The minimum absolute atomic E-state index is 0.00746. The second-order valence-electron chi connectivity index (χ2n) is 5.43. The van der Waals surface area contributed by atoms with Crippen LogP contribution in [0.3, 0.4) is 0 Å². The molecule has 2 heterocycles. The number of hydrogen-bond acceptors (Lipinski definition) is 4. The molecule has 20 heavy (non-hydrogen) atoms. The van der Waals surface area contributed by atoms with E-state index in [2.05, 4.69) is 24.3 Å². The molecule has 2 aromatic rings. The Bertz CT molecular complexity index is 549. The first kappa shape index (κ1) is 13.4. The topological polar surface area (TPSA) is 63.2 Å². The zero-order valence-electron chi connectivity index (χ0n) is 11.9. The molecule has 1 fully saturated rings. The van der Waals surface area contributed by atoms with E-state index in [1.54, 1.807) is 6.20 Å². The van der Waals surface area contributed by atoms with Crippen LogP contribution in [-0.2, 0) is 6.42 Å². The fraction of sp³-hybridized carbons (Fsp3) is 0.533. The molecule has 0 amide bonds. The predicted octanol–water partition coefficient (Wildman–Crippen LogP) is 2.06. The summed E-state index contributed by atoms with van der Waals surface area (Å²) in [6.07, 6.45) is 4.96. The summed E-state index contributed by atoms with van der Waals surface area (Å²) in [4.78, 5) is 0. The van der Waals surface area contributed by atoms with Gasteiger partial charge in [0.05, 0.1) is 18.2 Å². The Morgan fingerprint density at radius 3 is 3.00 bits per heavy atom. The number of furan rings is 1. The highest BCUT2D eigenvalue weighted by Gasteiger charge is 2.42. The van der Waals surface area contributed by atoms with Crippen LogP contribution in [0.25, 0.3) is 0 Å². The van der Waals surface area contributed by atoms with E-state index in [1.807, 2.05) is 29.1 Å². The third-order valence-electron chi connectivity index (χ3n) is 4.05. The summed E-state index contributed by atoms with van der Waals surface area (Å²) in [5.41, 5.74) is 0. The van der Waals surface area contributed by atoms with Gasteiger partial charge in [0.25, 0.3) is 0 Å². The van der Waals surface area contributed by atoms with Crippen LogP contribution in [0.5, 0.6) is 0 Å². The molecule has 0 spiro atoms. The largest absolute Gasteiger partial charge is 0.464 e. The van der Waals surface area contributed by atoms with E-state index in [1.165, 1.54) is 0 Å². The van der Waals surface area contributed by atoms with E-state index in [0.717, 1.165) is 24.4 Å². The molecule has 1 saturated carbocycles. The minimum Gasteiger partial charge on any atom is -0.464 e. The summed E-state index contributed by atoms with van der Waals surface area (Å²) >= 11 is 0. The standard InChI is InChI=1S/C15H21N3O2/c1-3-11-5-6-14(20-11)10(2)17-12-9-13(19)15(12)18-8-4-7-16-18/h4-8,10,12-13,15,17,19H,3,9H2,1-2H3/t10?,12-,13+,15+/m0/s1. The highest BCUT2D eigenvalue weighted by Crippen LogP contribution is 2.34. The van der Waals surface area contributed by atoms with Crippen LogP contribution >= 0.6 is 0 Å². The van der Waals surface area contributed by atoms with E-state index in [-0.39, 0.29) is 24.2 Å². The van der Waals surface area contributed by atoms with Crippen molar-refractivity contribution in [1.82, 2.24) is 15.1 Å². The zero-order valence-corrected chi connectivity index (χ0v) is 11.9. The smallest absolute Gasteiger partial charge is 0.120 e. The second-order valence-corrected chi connectivity index (χ2v) is 5.43. The van der Waals surface area contributed by atoms with E-state index in [4.69, 9.17) is 4.42 Å². The molecule has 3 rings (SSSR count). The SMILES string of the molecule is CCc1ccc(C(C)N[C@H]2C[C@@H](O)[C@@H]2n2cccn2)o1. The third kappa shape index (κ3) is 2.39. The van der Waals surface area contributed by atoms with Crippen LogP contribution in [-0.4, -0.2) is 27.0 Å². The highest BCUT2D eigenvalue weighted by molar-refractivity contribution is 5.11. The normalized spacial score (nSPS) is 27.2. The van der Waals surface area contributed by atoms with Crippen molar-refractivity contribution in [3.8, 4) is 0 Å². The summed E-state index contributed by atoms with van der Waals surface area (Å²) in [6, 6.07) is 6.28. The van der Waals surface area contributed by atoms with Gasteiger partial charge in [-0.15, -0.1) is 0 Å². The Hall–Kier alpha value is -1.59. The van der Waals surface area contributed by atoms with Gasteiger partial charge in [-0.05, 0) is 31.5 Å². The average molecular weight is 275 g/mol. The Balaban J connectivity index is 1.65. The monoisotopic (exact) mass is 275 g/mol. The summed E-state index contributed by atoms with van der Waals surface area (Å²) in [6.45, 7) is 4.17. The van der Waals surface area contributed by atoms with Gasteiger partial charge < -0.3 is 14.8 Å². The molecule has 5 nitrogen and oxygen atoms in total. The van der Waals surface area contributed by atoms with Crippen LogP contribution in [0.15, 0.2) is 35.0 Å². The number of hydrogen-bond donors (Lipinski definition) is 2. The number of aromatic nitrogens is 2. The Kier molecular flexibility index (Phi) is 3.63. The van der Waals surface area contributed by atoms with Crippen molar-refractivity contribution in [3.05, 3.63) is 42.1 Å². The first-order valence-electron chi connectivity index (χ1n) is 7.21. The van der Waals surface area contributed by atoms with Gasteiger partial charge in [0, 0.05) is 24.9 Å². The first-order valence-corrected chi connectivity index (χ1v) is 7.21. The van der Waals surface area contributed by atoms with Crippen LogP contribution in [0.1, 0.15) is 43.9 Å². The van der Waals surface area contributed by atoms with Crippen molar-refractivity contribution < 1.29 is 9.52 Å². The Morgan fingerprint density at radius 2 is 2.40 bits per heavy atom. The molecule has 108 valence electrons. The van der Waals surface area contributed by atoms with Crippen molar-refractivity contribution in [2.24, 2.45) is 0 Å². The van der Waals surface area contributed by atoms with Crippen LogP contribution in [0, 0.1) is 0 Å². The molecule has 2 N–H and O–H groups in total. The molecule has 0 aromatic carbocycles. The number of aliphatic hydroxyl groups is 1. The maximum Gasteiger partial charge on any atom is 0.120 e. The fourth-order valence-corrected chi connectivity index (χ4v) is 2.82. The molecule has 1 unspecified atom stereocenters. The van der Waals surface area contributed by atoms with Gasteiger partial charge in [0.2, 0.25) is 0 Å². The quantitative estimate of drug-likeness (QED) is 0.877. The van der Waals surface area contributed by atoms with Crippen molar-refractivity contribution in [1.29, 1.82) is 0 Å². The van der Waals surface area contributed by atoms with E-state index in [9.17, 15) is 5.11 Å². The van der Waals surface area contributed by atoms with E-state index < -0.39 is 0 Å². The van der Waals surface area contributed by atoms with Gasteiger partial charge in [-0.2, -0.15) is 5.10 Å². The van der Waals surface area contributed by atoms with Crippen molar-refractivity contribution in [3.63, 3.8) is 0 Å². The van der Waals surface area contributed by atoms with Crippen LogP contribution < -0.4 is 5.32 Å². The lowest BCUT2D eigenvalue weighted by atomic mass is 9.82. The molecule has 4 atom stereocenters. The molecular weight excluding hydrogens is 254 g/mol. The van der Waals surface area contributed by atoms with Gasteiger partial charge in [-0.3, -0.25) is 4.68 Å². The van der Waals surface area contributed by atoms with Crippen LogP contribution in [0.4, 0.5) is 0 Å². The fourth-order valence-electron chi connectivity index (χ4n) is 2.82. The molecule has 5 heteroatoms. The number of aliphatic hydroxyl groups excluding tert-OH is 1.